The molecule has 1 aromatic carbocycles. The fraction of sp³-hybridized carbons (Fsp3) is 0.348. The number of methoxy groups -OCH3 is 1. The van der Waals surface area contributed by atoms with E-state index in [2.05, 4.69) is 5.32 Å². The van der Waals surface area contributed by atoms with Crippen molar-refractivity contribution in [3.63, 3.8) is 0 Å². The second-order valence-electron chi connectivity index (χ2n) is 8.08. The highest BCUT2D eigenvalue weighted by molar-refractivity contribution is 5.97. The number of hydrogen-bond acceptors (Lipinski definition) is 5. The Balaban J connectivity index is 1.42. The molecule has 2 unspecified atom stereocenters. The third kappa shape index (κ3) is 4.16. The molecule has 1 saturated carbocycles. The highest BCUT2D eigenvalue weighted by Gasteiger charge is 2.54. The molecule has 4 rings (SSSR count). The van der Waals surface area contributed by atoms with Crippen LogP contribution in [0.15, 0.2) is 53.5 Å². The molecule has 0 bridgehead atoms. The largest absolute Gasteiger partial charge is 0.368 e. The summed E-state index contributed by atoms with van der Waals surface area (Å²) in [7, 11) is 1.48. The van der Waals surface area contributed by atoms with Gasteiger partial charge in [0.1, 0.15) is 11.6 Å². The highest BCUT2D eigenvalue weighted by Crippen LogP contribution is 2.42. The second kappa shape index (κ2) is 8.58. The van der Waals surface area contributed by atoms with Gasteiger partial charge < -0.3 is 20.7 Å². The summed E-state index contributed by atoms with van der Waals surface area (Å²) in [5.41, 5.74) is 5.75. The molecule has 2 atom stereocenters. The van der Waals surface area contributed by atoms with Crippen molar-refractivity contribution in [3.8, 4) is 5.69 Å². The third-order valence-corrected chi connectivity index (χ3v) is 6.04. The first-order valence-electron chi connectivity index (χ1n) is 10.4. The Kier molecular flexibility index (Phi) is 5.84. The van der Waals surface area contributed by atoms with E-state index in [0.29, 0.717) is 30.6 Å². The number of anilines is 1. The van der Waals surface area contributed by atoms with E-state index >= 15 is 0 Å². The number of rotatable bonds is 6. The number of nitrogens with one attached hydrogen (secondary N) is 1. The number of primary amides is 1. The summed E-state index contributed by atoms with van der Waals surface area (Å²) in [5.74, 6) is -1.81. The number of hydrogen-bond donors (Lipinski definition) is 2. The number of ether oxygens (including phenoxy) is 1. The Morgan fingerprint density at radius 1 is 1.12 bits per heavy atom. The van der Waals surface area contributed by atoms with Gasteiger partial charge in [0.15, 0.2) is 0 Å². The van der Waals surface area contributed by atoms with E-state index in [1.54, 1.807) is 42.6 Å². The van der Waals surface area contributed by atoms with Gasteiger partial charge in [-0.25, -0.2) is 0 Å². The molecule has 3 N–H and O–H groups in total. The highest BCUT2D eigenvalue weighted by atomic mass is 16.5. The summed E-state index contributed by atoms with van der Waals surface area (Å²) < 4.78 is 6.83. The predicted octanol–water partition coefficient (Wildman–Crippen LogP) is 0.862. The molecular formula is C23H25N4O5. The summed E-state index contributed by atoms with van der Waals surface area (Å²) in [6.07, 6.45) is 4.79. The van der Waals surface area contributed by atoms with Gasteiger partial charge in [0, 0.05) is 49.6 Å². The summed E-state index contributed by atoms with van der Waals surface area (Å²) in [5, 5.41) is 2.82. The molecule has 1 aliphatic heterocycles. The van der Waals surface area contributed by atoms with Gasteiger partial charge >= 0.3 is 0 Å². The summed E-state index contributed by atoms with van der Waals surface area (Å²) in [6.45, 7) is 0.238. The van der Waals surface area contributed by atoms with Crippen molar-refractivity contribution in [2.45, 2.75) is 30.9 Å². The summed E-state index contributed by atoms with van der Waals surface area (Å²) >= 11 is 0. The van der Waals surface area contributed by atoms with Crippen LogP contribution in [-0.2, 0) is 19.1 Å². The molecule has 32 heavy (non-hydrogen) atoms. The molecule has 2 fully saturated rings. The lowest BCUT2D eigenvalue weighted by Crippen LogP contribution is -2.57. The van der Waals surface area contributed by atoms with E-state index in [9.17, 15) is 19.2 Å². The van der Waals surface area contributed by atoms with Gasteiger partial charge in [-0.15, -0.1) is 0 Å². The number of nitrogens with two attached hydrogens (primary N) is 1. The lowest BCUT2D eigenvalue weighted by atomic mass is 9.89. The van der Waals surface area contributed by atoms with Crippen molar-refractivity contribution in [1.29, 1.82) is 0 Å². The number of benzene rings is 1. The van der Waals surface area contributed by atoms with Gasteiger partial charge in [-0.3, -0.25) is 23.7 Å². The number of carbonyl (C=O) groups is 3. The van der Waals surface area contributed by atoms with Gasteiger partial charge in [0.05, 0.1) is 0 Å². The second-order valence-corrected chi connectivity index (χ2v) is 8.08. The first-order chi connectivity index (χ1) is 15.3. The molecule has 1 saturated heterocycles. The van der Waals surface area contributed by atoms with E-state index in [0.717, 1.165) is 0 Å². The predicted molar refractivity (Wildman–Crippen MR) is 117 cm³/mol. The maximum absolute atomic E-state index is 12.8. The molecule has 0 spiro atoms. The Morgan fingerprint density at radius 2 is 1.84 bits per heavy atom. The van der Waals surface area contributed by atoms with E-state index in [1.165, 1.54) is 29.1 Å². The van der Waals surface area contributed by atoms with Crippen LogP contribution in [0.3, 0.4) is 0 Å². The molecule has 2 heterocycles. The topological polar surface area (TPSA) is 124 Å². The lowest BCUT2D eigenvalue weighted by molar-refractivity contribution is -0.151. The molecule has 1 radical (unpaired) electrons. The van der Waals surface area contributed by atoms with Crippen LogP contribution < -0.4 is 16.6 Å². The van der Waals surface area contributed by atoms with Gasteiger partial charge in [-0.2, -0.15) is 0 Å². The Bertz CT molecular complexity index is 1090. The average molecular weight is 437 g/mol. The maximum atomic E-state index is 12.8. The van der Waals surface area contributed by atoms with Crippen molar-refractivity contribution < 1.29 is 19.1 Å². The van der Waals surface area contributed by atoms with E-state index in [1.807, 2.05) is 0 Å². The van der Waals surface area contributed by atoms with Crippen LogP contribution >= 0.6 is 0 Å². The number of nitrogens with zero attached hydrogens (tertiary/aromatic N) is 2. The quantitative estimate of drug-likeness (QED) is 0.694. The van der Waals surface area contributed by atoms with Crippen LogP contribution in [0.4, 0.5) is 5.69 Å². The molecule has 2 aromatic rings. The van der Waals surface area contributed by atoms with Gasteiger partial charge in [-0.1, -0.05) is 6.07 Å². The van der Waals surface area contributed by atoms with Crippen molar-refractivity contribution in [2.24, 2.45) is 11.7 Å². The standard InChI is InChI=1S/C23H25N4O5/c1-32-23(10-11-23)22(31)27-13-9-15(14-18(27)20(24)29)21(30)25-16-5-7-17(8-6-16)26-12-3-2-4-19(26)28/h2-8,12,14-15,18H,9-11,13H2,1H3,(H2,24,29)(H,25,30). The molecule has 9 heteroatoms. The Labute approximate surface area is 185 Å². The van der Waals surface area contributed by atoms with E-state index in [4.69, 9.17) is 10.5 Å². The number of amides is 3. The number of carbonyl (C=O) groups excluding carboxylic acids is 3. The lowest BCUT2D eigenvalue weighted by Gasteiger charge is -2.38. The minimum absolute atomic E-state index is 0.154. The van der Waals surface area contributed by atoms with Gasteiger partial charge in [0.2, 0.25) is 11.8 Å². The SMILES string of the molecule is COC1(C(=O)N2CCC(C(=O)Nc3ccc(-n4ccccc4=O)cc3)[CH]C2C(N)=O)CC1. The van der Waals surface area contributed by atoms with Crippen molar-refractivity contribution >= 4 is 23.4 Å². The molecule has 1 aromatic heterocycles. The normalized spacial score (nSPS) is 21.6. The van der Waals surface area contributed by atoms with E-state index in [-0.39, 0.29) is 23.9 Å². The van der Waals surface area contributed by atoms with Crippen LogP contribution in [0.25, 0.3) is 5.69 Å². The van der Waals surface area contributed by atoms with Gasteiger partial charge in [-0.05, 0) is 49.6 Å². The summed E-state index contributed by atoms with van der Waals surface area (Å²) in [4.78, 5) is 51.0. The smallest absolute Gasteiger partial charge is 0.255 e. The van der Waals surface area contributed by atoms with E-state index < -0.39 is 23.5 Å². The number of pyridine rings is 1. The van der Waals surface area contributed by atoms with Crippen molar-refractivity contribution in [3.05, 3.63) is 65.4 Å². The average Bonchev–Trinajstić information content (AvgIpc) is 3.60. The van der Waals surface area contributed by atoms with Crippen molar-refractivity contribution in [2.75, 3.05) is 19.0 Å². The van der Waals surface area contributed by atoms with Gasteiger partial charge in [0.25, 0.3) is 11.5 Å². The molecule has 2 aliphatic rings. The fourth-order valence-corrected chi connectivity index (χ4v) is 3.99. The maximum Gasteiger partial charge on any atom is 0.255 e. The Hall–Kier alpha value is -3.46. The molecule has 9 nitrogen and oxygen atoms in total. The zero-order valence-corrected chi connectivity index (χ0v) is 17.7. The van der Waals surface area contributed by atoms with Crippen LogP contribution in [0, 0.1) is 12.3 Å². The van der Waals surface area contributed by atoms with Crippen LogP contribution in [-0.4, -0.2) is 52.5 Å². The first-order valence-corrected chi connectivity index (χ1v) is 10.4. The third-order valence-electron chi connectivity index (χ3n) is 6.04. The monoisotopic (exact) mass is 437 g/mol. The van der Waals surface area contributed by atoms with Crippen LogP contribution in [0.2, 0.25) is 0 Å². The van der Waals surface area contributed by atoms with Crippen LogP contribution in [0.5, 0.6) is 0 Å². The zero-order chi connectivity index (χ0) is 22.9. The Morgan fingerprint density at radius 3 is 2.44 bits per heavy atom. The minimum Gasteiger partial charge on any atom is -0.368 e. The fourth-order valence-electron chi connectivity index (χ4n) is 3.99. The first kappa shape index (κ1) is 21.8. The minimum atomic E-state index is -0.966. The summed E-state index contributed by atoms with van der Waals surface area (Å²) in [6, 6.07) is 10.8. The molecule has 1 aliphatic carbocycles. The zero-order valence-electron chi connectivity index (χ0n) is 17.7. The molecule has 3 amide bonds. The van der Waals surface area contributed by atoms with Crippen molar-refractivity contribution in [1.82, 2.24) is 9.47 Å². The molecule has 167 valence electrons. The van der Waals surface area contributed by atoms with Crippen LogP contribution in [0.1, 0.15) is 19.3 Å². The number of aromatic nitrogens is 1. The molecular weight excluding hydrogens is 412 g/mol. The number of likely N-dealkylation sites (tertiary alicyclic amines) is 1. The number of piperidine rings is 1.